The predicted octanol–water partition coefficient (Wildman–Crippen LogP) is 1.15. The van der Waals surface area contributed by atoms with Crippen LogP contribution in [0.5, 0.6) is 0 Å². The van der Waals surface area contributed by atoms with Crippen molar-refractivity contribution in [2.45, 2.75) is 13.5 Å². The second-order valence-electron chi connectivity index (χ2n) is 4.35. The number of pyridine rings is 1. The summed E-state index contributed by atoms with van der Waals surface area (Å²) in [6, 6.07) is 3.64. The lowest BCUT2D eigenvalue weighted by Gasteiger charge is -2.03. The van der Waals surface area contributed by atoms with Crippen LogP contribution in [0.4, 0.5) is 5.13 Å². The molecule has 9 heteroatoms. The van der Waals surface area contributed by atoms with Gasteiger partial charge in [-0.2, -0.15) is 0 Å². The van der Waals surface area contributed by atoms with E-state index in [1.165, 1.54) is 0 Å². The molecule has 0 saturated heterocycles. The van der Waals surface area contributed by atoms with Gasteiger partial charge in [-0.15, -0.1) is 0 Å². The second-order valence-corrected chi connectivity index (χ2v) is 7.10. The summed E-state index contributed by atoms with van der Waals surface area (Å²) in [7, 11) is -3.40. The van der Waals surface area contributed by atoms with Gasteiger partial charge in [0.2, 0.25) is 10.0 Å². The van der Waals surface area contributed by atoms with Crippen LogP contribution in [0.1, 0.15) is 20.9 Å². The highest BCUT2D eigenvalue weighted by molar-refractivity contribution is 7.92. The van der Waals surface area contributed by atoms with Gasteiger partial charge < -0.3 is 5.32 Å². The predicted molar refractivity (Wildman–Crippen MR) is 80.7 cm³/mol. The smallest absolute Gasteiger partial charge is 0.263 e. The number of sulfonamides is 1. The number of amides is 1. The van der Waals surface area contributed by atoms with E-state index in [9.17, 15) is 13.2 Å². The van der Waals surface area contributed by atoms with E-state index < -0.39 is 10.0 Å². The van der Waals surface area contributed by atoms with Crippen LogP contribution >= 0.6 is 11.3 Å². The van der Waals surface area contributed by atoms with Gasteiger partial charge in [0.1, 0.15) is 4.88 Å². The van der Waals surface area contributed by atoms with Crippen molar-refractivity contribution in [1.29, 1.82) is 0 Å². The maximum Gasteiger partial charge on any atom is 0.263 e. The molecule has 2 aromatic heterocycles. The lowest BCUT2D eigenvalue weighted by molar-refractivity contribution is 0.0954. The Bertz CT molecular complexity index is 741. The second kappa shape index (κ2) is 6.19. The number of hydrogen-bond acceptors (Lipinski definition) is 6. The SMILES string of the molecule is Cc1nc(NS(C)(=O)=O)sc1C(=O)NCc1cccnc1. The Balaban J connectivity index is 2.06. The number of aryl methyl sites for hydroxylation is 1. The summed E-state index contributed by atoms with van der Waals surface area (Å²) in [4.78, 5) is 20.4. The van der Waals surface area contributed by atoms with Gasteiger partial charge in [-0.05, 0) is 18.6 Å². The highest BCUT2D eigenvalue weighted by Gasteiger charge is 2.16. The molecule has 0 bridgehead atoms. The van der Waals surface area contributed by atoms with Crippen molar-refractivity contribution in [2.24, 2.45) is 0 Å². The molecule has 21 heavy (non-hydrogen) atoms. The van der Waals surface area contributed by atoms with E-state index in [4.69, 9.17) is 0 Å². The zero-order valence-corrected chi connectivity index (χ0v) is 13.1. The Kier molecular flexibility index (Phi) is 4.53. The number of aromatic nitrogens is 2. The van der Waals surface area contributed by atoms with Crippen molar-refractivity contribution in [3.63, 3.8) is 0 Å². The molecule has 2 heterocycles. The van der Waals surface area contributed by atoms with E-state index in [-0.39, 0.29) is 11.0 Å². The van der Waals surface area contributed by atoms with E-state index in [0.29, 0.717) is 17.1 Å². The fraction of sp³-hybridized carbons (Fsp3) is 0.250. The largest absolute Gasteiger partial charge is 0.347 e. The van der Waals surface area contributed by atoms with Crippen molar-refractivity contribution in [3.8, 4) is 0 Å². The van der Waals surface area contributed by atoms with Crippen LogP contribution in [0.15, 0.2) is 24.5 Å². The van der Waals surface area contributed by atoms with Crippen molar-refractivity contribution in [3.05, 3.63) is 40.7 Å². The van der Waals surface area contributed by atoms with Crippen LogP contribution < -0.4 is 10.0 Å². The fourth-order valence-corrected chi connectivity index (χ4v) is 3.29. The molecule has 0 unspecified atom stereocenters. The molecule has 2 aromatic rings. The Morgan fingerprint density at radius 3 is 2.81 bits per heavy atom. The summed E-state index contributed by atoms with van der Waals surface area (Å²) in [6.45, 7) is 2.00. The van der Waals surface area contributed by atoms with E-state index in [1.54, 1.807) is 25.4 Å². The van der Waals surface area contributed by atoms with Crippen LogP contribution in [0.2, 0.25) is 0 Å². The average molecular weight is 326 g/mol. The number of carbonyl (C=O) groups excluding carboxylic acids is 1. The third kappa shape index (κ3) is 4.50. The van der Waals surface area contributed by atoms with E-state index in [1.807, 2.05) is 6.07 Å². The molecule has 0 aliphatic rings. The minimum Gasteiger partial charge on any atom is -0.347 e. The Hall–Kier alpha value is -2.00. The van der Waals surface area contributed by atoms with Gasteiger partial charge in [-0.3, -0.25) is 14.5 Å². The summed E-state index contributed by atoms with van der Waals surface area (Å²) in [6.07, 6.45) is 4.35. The molecule has 0 aliphatic carbocycles. The zero-order chi connectivity index (χ0) is 15.5. The standard InChI is InChI=1S/C12H14N4O3S2/c1-8-10(20-12(15-8)16-21(2,18)19)11(17)14-7-9-4-3-5-13-6-9/h3-6H,7H2,1-2H3,(H,14,17)(H,15,16). The molecule has 0 radical (unpaired) electrons. The summed E-state index contributed by atoms with van der Waals surface area (Å²) in [5.74, 6) is -0.296. The number of nitrogens with zero attached hydrogens (tertiary/aromatic N) is 2. The molecule has 0 aromatic carbocycles. The van der Waals surface area contributed by atoms with E-state index in [0.717, 1.165) is 23.2 Å². The number of carbonyl (C=O) groups is 1. The number of thiazole rings is 1. The summed E-state index contributed by atoms with van der Waals surface area (Å²) in [5.41, 5.74) is 1.36. The van der Waals surface area contributed by atoms with Gasteiger partial charge in [0.25, 0.3) is 5.91 Å². The monoisotopic (exact) mass is 326 g/mol. The third-order valence-corrected chi connectivity index (χ3v) is 4.22. The lowest BCUT2D eigenvalue weighted by Crippen LogP contribution is -2.22. The summed E-state index contributed by atoms with van der Waals surface area (Å²) >= 11 is 1.00. The first-order valence-corrected chi connectivity index (χ1v) is 8.68. The van der Waals surface area contributed by atoms with Crippen LogP contribution in [0.3, 0.4) is 0 Å². The Morgan fingerprint density at radius 2 is 2.19 bits per heavy atom. The van der Waals surface area contributed by atoms with Crippen LogP contribution in [0, 0.1) is 6.92 Å². The molecule has 2 N–H and O–H groups in total. The quantitative estimate of drug-likeness (QED) is 0.858. The van der Waals surface area contributed by atoms with Gasteiger partial charge in [-0.25, -0.2) is 13.4 Å². The minimum atomic E-state index is -3.40. The average Bonchev–Trinajstić information content (AvgIpc) is 2.76. The Labute approximate surface area is 126 Å². The molecular weight excluding hydrogens is 312 g/mol. The third-order valence-electron chi connectivity index (χ3n) is 2.45. The van der Waals surface area contributed by atoms with Crippen molar-refractivity contribution in [1.82, 2.24) is 15.3 Å². The molecular formula is C12H14N4O3S2. The number of anilines is 1. The highest BCUT2D eigenvalue weighted by Crippen LogP contribution is 2.23. The Morgan fingerprint density at radius 1 is 1.43 bits per heavy atom. The number of rotatable bonds is 5. The fourth-order valence-electron chi connectivity index (χ4n) is 1.57. The van der Waals surface area contributed by atoms with Gasteiger partial charge in [0, 0.05) is 18.9 Å². The molecule has 0 spiro atoms. The summed E-state index contributed by atoms with van der Waals surface area (Å²) < 4.78 is 24.6. The van der Waals surface area contributed by atoms with Crippen LogP contribution in [0.25, 0.3) is 0 Å². The van der Waals surface area contributed by atoms with Crippen molar-refractivity contribution >= 4 is 32.4 Å². The topological polar surface area (TPSA) is 101 Å². The molecule has 1 amide bonds. The van der Waals surface area contributed by atoms with E-state index >= 15 is 0 Å². The summed E-state index contributed by atoms with van der Waals surface area (Å²) in [5, 5.41) is 2.93. The maximum atomic E-state index is 12.1. The van der Waals surface area contributed by atoms with Crippen LogP contribution in [-0.2, 0) is 16.6 Å². The van der Waals surface area contributed by atoms with Gasteiger partial charge >= 0.3 is 0 Å². The first kappa shape index (κ1) is 15.4. The van der Waals surface area contributed by atoms with Crippen molar-refractivity contribution < 1.29 is 13.2 Å². The zero-order valence-electron chi connectivity index (χ0n) is 11.5. The molecule has 112 valence electrons. The van der Waals surface area contributed by atoms with Crippen LogP contribution in [-0.4, -0.2) is 30.5 Å². The number of nitrogens with one attached hydrogen (secondary N) is 2. The maximum absolute atomic E-state index is 12.1. The van der Waals surface area contributed by atoms with Gasteiger partial charge in [0.15, 0.2) is 5.13 Å². The van der Waals surface area contributed by atoms with Crippen molar-refractivity contribution in [2.75, 3.05) is 11.0 Å². The first-order chi connectivity index (χ1) is 9.85. The molecule has 0 saturated carbocycles. The molecule has 0 fully saturated rings. The normalized spacial score (nSPS) is 11.1. The molecule has 0 atom stereocenters. The molecule has 7 nitrogen and oxygen atoms in total. The van der Waals surface area contributed by atoms with Gasteiger partial charge in [-0.1, -0.05) is 17.4 Å². The lowest BCUT2D eigenvalue weighted by atomic mass is 10.3. The molecule has 2 rings (SSSR count). The minimum absolute atomic E-state index is 0.182. The van der Waals surface area contributed by atoms with Gasteiger partial charge in [0.05, 0.1) is 11.9 Å². The first-order valence-electron chi connectivity index (χ1n) is 5.97. The number of hydrogen-bond donors (Lipinski definition) is 2. The van der Waals surface area contributed by atoms with E-state index in [2.05, 4.69) is 20.0 Å². The highest BCUT2D eigenvalue weighted by atomic mass is 32.2. The molecule has 0 aliphatic heterocycles.